The normalized spacial score (nSPS) is 10.2. The summed E-state index contributed by atoms with van der Waals surface area (Å²) in [5.41, 5.74) is 7.08. The largest absolute Gasteiger partial charge is 0.391 e. The number of H-pyrrole nitrogens is 1. The minimum atomic E-state index is -0.341. The second-order valence-electron chi connectivity index (χ2n) is 2.55. The van der Waals surface area contributed by atoms with Crippen LogP contribution in [0.1, 0.15) is 0 Å². The van der Waals surface area contributed by atoms with E-state index < -0.39 is 0 Å². The topological polar surface area (TPSA) is 71.8 Å². The Hall–Kier alpha value is -1.62. The summed E-state index contributed by atoms with van der Waals surface area (Å²) in [6.07, 6.45) is 3.15. The lowest BCUT2D eigenvalue weighted by Crippen LogP contribution is -2.07. The highest BCUT2D eigenvalue weighted by Crippen LogP contribution is 2.25. The van der Waals surface area contributed by atoms with Gasteiger partial charge in [-0.1, -0.05) is 0 Å². The van der Waals surface area contributed by atoms with Crippen molar-refractivity contribution in [1.82, 2.24) is 9.97 Å². The molecule has 0 saturated heterocycles. The van der Waals surface area contributed by atoms with Crippen LogP contribution < -0.4 is 11.4 Å². The van der Waals surface area contributed by atoms with Crippen molar-refractivity contribution in [1.29, 1.82) is 0 Å². The summed E-state index contributed by atoms with van der Waals surface area (Å²) in [7, 11) is 0. The van der Waals surface area contributed by atoms with Gasteiger partial charge in [0.05, 0.1) is 5.00 Å². The Bertz CT molecular complexity index is 454. The third-order valence-electron chi connectivity index (χ3n) is 1.63. The molecule has 0 amide bonds. The number of nitrogens with two attached hydrogens (primary N) is 1. The number of hydrogen-bond donors (Lipinski definition) is 2. The Kier molecular flexibility index (Phi) is 1.86. The van der Waals surface area contributed by atoms with E-state index in [9.17, 15) is 4.79 Å². The van der Waals surface area contributed by atoms with E-state index in [4.69, 9.17) is 5.73 Å². The maximum Gasteiger partial charge on any atom is 0.344 e. The van der Waals surface area contributed by atoms with Crippen LogP contribution in [0.4, 0.5) is 5.00 Å². The molecule has 0 atom stereocenters. The molecule has 66 valence electrons. The van der Waals surface area contributed by atoms with Gasteiger partial charge < -0.3 is 10.7 Å². The Balaban J connectivity index is 2.47. The number of thiophene rings is 1. The summed E-state index contributed by atoms with van der Waals surface area (Å²) in [6.45, 7) is 0. The number of hydrogen-bond acceptors (Lipinski definition) is 4. The Labute approximate surface area is 78.1 Å². The second-order valence-corrected chi connectivity index (χ2v) is 3.49. The van der Waals surface area contributed by atoms with Gasteiger partial charge in [0, 0.05) is 23.3 Å². The molecule has 2 heterocycles. The van der Waals surface area contributed by atoms with Crippen LogP contribution in [0.3, 0.4) is 0 Å². The molecular formula is C8H7N3OS. The van der Waals surface area contributed by atoms with Crippen LogP contribution in [-0.2, 0) is 0 Å². The summed E-state index contributed by atoms with van der Waals surface area (Å²) in [5, 5.41) is 2.67. The quantitative estimate of drug-likeness (QED) is 0.711. The fourth-order valence-corrected chi connectivity index (χ4v) is 1.67. The molecule has 0 aliphatic rings. The van der Waals surface area contributed by atoms with Crippen molar-refractivity contribution in [2.75, 3.05) is 5.73 Å². The van der Waals surface area contributed by atoms with Crippen molar-refractivity contribution < 1.29 is 0 Å². The average molecular weight is 193 g/mol. The van der Waals surface area contributed by atoms with Crippen LogP contribution in [0.5, 0.6) is 0 Å². The molecule has 0 radical (unpaired) electrons. The molecule has 0 aliphatic heterocycles. The van der Waals surface area contributed by atoms with Crippen LogP contribution in [0.25, 0.3) is 11.1 Å². The van der Waals surface area contributed by atoms with E-state index in [0.29, 0.717) is 0 Å². The minimum Gasteiger partial charge on any atom is -0.391 e. The highest BCUT2D eigenvalue weighted by molar-refractivity contribution is 7.14. The van der Waals surface area contributed by atoms with Gasteiger partial charge in [0.2, 0.25) is 0 Å². The van der Waals surface area contributed by atoms with Crippen LogP contribution in [0, 0.1) is 0 Å². The lowest BCUT2D eigenvalue weighted by molar-refractivity contribution is 1.08. The van der Waals surface area contributed by atoms with Gasteiger partial charge in [-0.2, -0.15) is 0 Å². The molecule has 13 heavy (non-hydrogen) atoms. The van der Waals surface area contributed by atoms with Gasteiger partial charge in [-0.15, -0.1) is 11.3 Å². The van der Waals surface area contributed by atoms with E-state index in [-0.39, 0.29) is 5.69 Å². The van der Waals surface area contributed by atoms with Crippen LogP contribution in [0.15, 0.2) is 28.6 Å². The first-order valence-corrected chi connectivity index (χ1v) is 4.53. The zero-order valence-corrected chi connectivity index (χ0v) is 7.47. The van der Waals surface area contributed by atoms with E-state index in [0.717, 1.165) is 16.1 Å². The molecule has 4 nitrogen and oxygen atoms in total. The number of nitrogens with zero attached hydrogens (tertiary/aromatic N) is 1. The van der Waals surface area contributed by atoms with Gasteiger partial charge in [0.15, 0.2) is 0 Å². The first-order valence-electron chi connectivity index (χ1n) is 3.65. The third-order valence-corrected chi connectivity index (χ3v) is 2.39. The fourth-order valence-electron chi connectivity index (χ4n) is 1.00. The number of aromatic nitrogens is 2. The van der Waals surface area contributed by atoms with E-state index in [1.54, 1.807) is 6.20 Å². The van der Waals surface area contributed by atoms with Crippen molar-refractivity contribution >= 4 is 16.3 Å². The summed E-state index contributed by atoms with van der Waals surface area (Å²) >= 11 is 1.46. The number of nitrogen functional groups attached to an aromatic ring is 1. The van der Waals surface area contributed by atoms with Crippen molar-refractivity contribution in [3.05, 3.63) is 34.3 Å². The Morgan fingerprint density at radius 1 is 1.46 bits per heavy atom. The third kappa shape index (κ3) is 1.59. The van der Waals surface area contributed by atoms with E-state index >= 15 is 0 Å². The predicted octanol–water partition coefficient (Wildman–Crippen LogP) is 1.08. The summed E-state index contributed by atoms with van der Waals surface area (Å²) in [5.74, 6) is 0. The van der Waals surface area contributed by atoms with Gasteiger partial charge in [0.25, 0.3) is 0 Å². The lowest BCUT2D eigenvalue weighted by Gasteiger charge is -1.93. The maximum atomic E-state index is 10.7. The van der Waals surface area contributed by atoms with E-state index in [2.05, 4.69) is 9.97 Å². The average Bonchev–Trinajstić information content (AvgIpc) is 2.53. The highest BCUT2D eigenvalue weighted by atomic mass is 32.1. The Morgan fingerprint density at radius 2 is 2.31 bits per heavy atom. The zero-order valence-electron chi connectivity index (χ0n) is 6.65. The molecule has 2 rings (SSSR count). The molecule has 2 aromatic heterocycles. The van der Waals surface area contributed by atoms with Gasteiger partial charge in [-0.25, -0.2) is 9.78 Å². The number of aromatic amines is 1. The fraction of sp³-hybridized carbons (Fsp3) is 0. The maximum absolute atomic E-state index is 10.7. The lowest BCUT2D eigenvalue weighted by atomic mass is 10.2. The highest BCUT2D eigenvalue weighted by Gasteiger charge is 1.99. The monoisotopic (exact) mass is 193 g/mol. The first-order chi connectivity index (χ1) is 6.25. The molecule has 0 unspecified atom stereocenters. The number of rotatable bonds is 1. The van der Waals surface area contributed by atoms with E-state index in [1.165, 1.54) is 17.5 Å². The van der Waals surface area contributed by atoms with Gasteiger partial charge in [-0.05, 0) is 11.6 Å². The molecule has 0 spiro atoms. The molecule has 0 bridgehead atoms. The number of anilines is 1. The SMILES string of the molecule is Nc1cc(-c2cnc(=O)[nH]c2)cs1. The summed E-state index contributed by atoms with van der Waals surface area (Å²) in [4.78, 5) is 16.8. The van der Waals surface area contributed by atoms with E-state index in [1.807, 2.05) is 11.4 Å². The Morgan fingerprint density at radius 3 is 2.85 bits per heavy atom. The molecule has 0 saturated carbocycles. The predicted molar refractivity (Wildman–Crippen MR) is 52.6 cm³/mol. The van der Waals surface area contributed by atoms with Crippen LogP contribution in [0.2, 0.25) is 0 Å². The molecule has 2 aromatic rings. The van der Waals surface area contributed by atoms with Crippen molar-refractivity contribution in [2.45, 2.75) is 0 Å². The van der Waals surface area contributed by atoms with Crippen LogP contribution in [-0.4, -0.2) is 9.97 Å². The second kappa shape index (κ2) is 3.02. The van der Waals surface area contributed by atoms with Crippen LogP contribution >= 0.6 is 11.3 Å². The molecule has 0 aliphatic carbocycles. The molecular weight excluding hydrogens is 186 g/mol. The van der Waals surface area contributed by atoms with Gasteiger partial charge in [-0.3, -0.25) is 0 Å². The minimum absolute atomic E-state index is 0.341. The van der Waals surface area contributed by atoms with Gasteiger partial charge >= 0.3 is 5.69 Å². The van der Waals surface area contributed by atoms with Crippen molar-refractivity contribution in [3.8, 4) is 11.1 Å². The first kappa shape index (κ1) is 8.00. The smallest absolute Gasteiger partial charge is 0.344 e. The van der Waals surface area contributed by atoms with Crippen molar-refractivity contribution in [3.63, 3.8) is 0 Å². The summed E-state index contributed by atoms with van der Waals surface area (Å²) < 4.78 is 0. The van der Waals surface area contributed by atoms with Gasteiger partial charge in [0.1, 0.15) is 0 Å². The standard InChI is InChI=1S/C8H7N3OS/c9-7-1-5(4-13-7)6-2-10-8(12)11-3-6/h1-4H,9H2,(H,10,11,12). The molecule has 0 fully saturated rings. The van der Waals surface area contributed by atoms with Crippen molar-refractivity contribution in [2.24, 2.45) is 0 Å². The molecule has 3 N–H and O–H groups in total. The zero-order chi connectivity index (χ0) is 9.26. The molecule has 0 aromatic carbocycles. The summed E-state index contributed by atoms with van der Waals surface area (Å²) in [6, 6.07) is 1.85. The molecule has 5 heteroatoms. The number of nitrogens with one attached hydrogen (secondary N) is 1.